The lowest BCUT2D eigenvalue weighted by Gasteiger charge is -2.15. The van der Waals surface area contributed by atoms with Gasteiger partial charge in [0.1, 0.15) is 5.75 Å². The quantitative estimate of drug-likeness (QED) is 0.470. The van der Waals surface area contributed by atoms with Gasteiger partial charge in [-0.3, -0.25) is 9.59 Å². The van der Waals surface area contributed by atoms with Crippen molar-refractivity contribution < 1.29 is 36.2 Å². The van der Waals surface area contributed by atoms with Crippen LogP contribution in [-0.4, -0.2) is 41.1 Å². The third kappa shape index (κ3) is 6.39. The third-order valence-corrected chi connectivity index (χ3v) is 3.60. The summed E-state index contributed by atoms with van der Waals surface area (Å²) in [6.45, 7) is 0.189. The largest absolute Gasteiger partial charge is 0.484 e. The Balaban J connectivity index is 2.50. The highest BCUT2D eigenvalue weighted by atomic mass is 19.4. The fourth-order valence-electron chi connectivity index (χ4n) is 2.33. The first-order valence-electron chi connectivity index (χ1n) is 8.51. The maximum atomic E-state index is 12.9. The molecule has 2 aromatic rings. The molecule has 0 atom stereocenters. The number of benzene rings is 1. The average molecular weight is 432 g/mol. The summed E-state index contributed by atoms with van der Waals surface area (Å²) in [5, 5.41) is 0. The Labute approximate surface area is 167 Å². The second-order valence-electron chi connectivity index (χ2n) is 6.08. The fourth-order valence-corrected chi connectivity index (χ4v) is 2.33. The number of halogens is 5. The summed E-state index contributed by atoms with van der Waals surface area (Å²) >= 11 is 0. The van der Waals surface area contributed by atoms with Crippen molar-refractivity contribution in [1.29, 1.82) is 0 Å². The van der Waals surface area contributed by atoms with Gasteiger partial charge in [-0.05, 0) is 50.3 Å². The molecule has 0 aliphatic heterocycles. The molecule has 162 valence electrons. The maximum Gasteiger partial charge on any atom is 0.422 e. The van der Waals surface area contributed by atoms with Crippen LogP contribution in [0.4, 0.5) is 22.0 Å². The van der Waals surface area contributed by atoms with Crippen LogP contribution < -0.4 is 15.0 Å². The van der Waals surface area contributed by atoms with E-state index >= 15 is 0 Å². The number of alkyl halides is 5. The van der Waals surface area contributed by atoms with Gasteiger partial charge in [-0.25, -0.2) is 18.3 Å². The molecule has 0 radical (unpaired) electrons. The number of rotatable bonds is 8. The first kappa shape index (κ1) is 23.0. The summed E-state index contributed by atoms with van der Waals surface area (Å²) in [6.07, 6.45) is -4.97. The van der Waals surface area contributed by atoms with Crippen LogP contribution >= 0.6 is 0 Å². The van der Waals surface area contributed by atoms with Crippen LogP contribution in [-0.2, 0) is 4.79 Å². The fraction of sp³-hybridized carbons (Fsp3) is 0.316. The number of carbonyl (C=O) groups is 1. The van der Waals surface area contributed by atoms with Crippen LogP contribution in [0.25, 0.3) is 11.8 Å². The maximum absolute atomic E-state index is 12.9. The molecule has 0 spiro atoms. The highest BCUT2D eigenvalue weighted by Gasteiger charge is 2.28. The molecule has 0 aliphatic rings. The van der Waals surface area contributed by atoms with Gasteiger partial charge in [0.25, 0.3) is 12.0 Å². The van der Waals surface area contributed by atoms with E-state index in [0.717, 1.165) is 10.6 Å². The molecule has 0 saturated carbocycles. The normalized spacial score (nSPS) is 11.9. The first-order chi connectivity index (χ1) is 14.0. The number of aryl methyl sites for hydroxylation is 1. The van der Waals surface area contributed by atoms with E-state index in [9.17, 15) is 31.5 Å². The van der Waals surface area contributed by atoms with Gasteiger partial charge in [-0.1, -0.05) is 0 Å². The zero-order valence-electron chi connectivity index (χ0n) is 15.9. The van der Waals surface area contributed by atoms with Gasteiger partial charge in [-0.15, -0.1) is 0 Å². The van der Waals surface area contributed by atoms with Gasteiger partial charge in [0.2, 0.25) is 0 Å². The number of ketones is 1. The minimum Gasteiger partial charge on any atom is -0.484 e. The van der Waals surface area contributed by atoms with Crippen molar-refractivity contribution in [2.75, 3.05) is 13.2 Å². The molecule has 11 heteroatoms. The molecule has 1 heterocycles. The molecule has 1 aromatic heterocycles. The Kier molecular flexibility index (Phi) is 7.30. The van der Waals surface area contributed by atoms with Crippen LogP contribution in [0.5, 0.6) is 11.8 Å². The molecule has 0 saturated heterocycles. The van der Waals surface area contributed by atoms with Crippen LogP contribution in [0.3, 0.4) is 0 Å². The van der Waals surface area contributed by atoms with Crippen molar-refractivity contribution >= 4 is 11.9 Å². The Morgan fingerprint density at radius 2 is 1.83 bits per heavy atom. The number of hydrogen-bond acceptors (Lipinski definition) is 5. The lowest BCUT2D eigenvalue weighted by molar-refractivity contribution is -0.153. The molecular weight excluding hydrogens is 415 g/mol. The second-order valence-corrected chi connectivity index (χ2v) is 6.08. The zero-order chi connectivity index (χ0) is 22.5. The SMILES string of the molecule is CC(=O)/C=C\c1c(C)nc(OCC(F)F)n(-c2ccc(OCC(F)(F)F)cc2)c1=O. The van der Waals surface area contributed by atoms with Gasteiger partial charge < -0.3 is 9.47 Å². The third-order valence-electron chi connectivity index (χ3n) is 3.60. The average Bonchev–Trinajstić information content (AvgIpc) is 2.64. The number of ether oxygens (including phenoxy) is 2. The van der Waals surface area contributed by atoms with Crippen molar-refractivity contribution in [3.8, 4) is 17.4 Å². The van der Waals surface area contributed by atoms with Crippen molar-refractivity contribution in [3.63, 3.8) is 0 Å². The standard InChI is InChI=1S/C19H17F5N2O4/c1-11(27)3-8-15-12(2)25-18(29-9-16(20)21)26(17(15)28)13-4-6-14(7-5-13)30-10-19(22,23)24/h3-8,16H,9-10H2,1-2H3/b8-3-. The van der Waals surface area contributed by atoms with Crippen LogP contribution in [0.2, 0.25) is 0 Å². The van der Waals surface area contributed by atoms with E-state index in [0.29, 0.717) is 0 Å². The number of carbonyl (C=O) groups excluding carboxylic acids is 1. The monoisotopic (exact) mass is 432 g/mol. The summed E-state index contributed by atoms with van der Waals surface area (Å²) in [7, 11) is 0. The Hall–Kier alpha value is -3.24. The van der Waals surface area contributed by atoms with E-state index in [1.54, 1.807) is 0 Å². The minimum absolute atomic E-state index is 0.0204. The molecule has 0 bridgehead atoms. The molecule has 30 heavy (non-hydrogen) atoms. The Morgan fingerprint density at radius 1 is 1.20 bits per heavy atom. The van der Waals surface area contributed by atoms with Crippen molar-refractivity contribution in [3.05, 3.63) is 52.0 Å². The molecule has 1 aromatic carbocycles. The smallest absolute Gasteiger partial charge is 0.422 e. The van der Waals surface area contributed by atoms with Gasteiger partial charge in [0, 0.05) is 0 Å². The van der Waals surface area contributed by atoms with Gasteiger partial charge in [0.15, 0.2) is 19.0 Å². The summed E-state index contributed by atoms with van der Waals surface area (Å²) in [5.41, 5.74) is -0.461. The number of aromatic nitrogens is 2. The van der Waals surface area contributed by atoms with Crippen LogP contribution in [0.15, 0.2) is 35.1 Å². The predicted octanol–water partition coefficient (Wildman–Crippen LogP) is 3.73. The molecule has 0 fully saturated rings. The van der Waals surface area contributed by atoms with E-state index in [1.807, 2.05) is 0 Å². The predicted molar refractivity (Wildman–Crippen MR) is 97.3 cm³/mol. The number of nitrogens with zero attached hydrogens (tertiary/aromatic N) is 2. The van der Waals surface area contributed by atoms with Crippen LogP contribution in [0, 0.1) is 6.92 Å². The number of hydrogen-bond donors (Lipinski definition) is 0. The minimum atomic E-state index is -4.52. The van der Waals surface area contributed by atoms with Gasteiger partial charge in [-0.2, -0.15) is 13.2 Å². The lowest BCUT2D eigenvalue weighted by atomic mass is 10.2. The molecule has 0 amide bonds. The van der Waals surface area contributed by atoms with Crippen molar-refractivity contribution in [2.24, 2.45) is 0 Å². The molecule has 0 unspecified atom stereocenters. The van der Waals surface area contributed by atoms with E-state index in [-0.39, 0.29) is 28.5 Å². The van der Waals surface area contributed by atoms with E-state index in [1.165, 1.54) is 44.2 Å². The highest BCUT2D eigenvalue weighted by molar-refractivity contribution is 5.91. The molecular formula is C19H17F5N2O4. The van der Waals surface area contributed by atoms with Crippen LogP contribution in [0.1, 0.15) is 18.2 Å². The summed E-state index contributed by atoms with van der Waals surface area (Å²) in [5.74, 6) is -0.444. The van der Waals surface area contributed by atoms with E-state index in [4.69, 9.17) is 4.74 Å². The second kappa shape index (κ2) is 9.51. The highest BCUT2D eigenvalue weighted by Crippen LogP contribution is 2.22. The van der Waals surface area contributed by atoms with E-state index in [2.05, 4.69) is 9.72 Å². The summed E-state index contributed by atoms with van der Waals surface area (Å²) in [6, 6.07) is 4.42. The zero-order valence-corrected chi connectivity index (χ0v) is 15.9. The topological polar surface area (TPSA) is 70.4 Å². The van der Waals surface area contributed by atoms with Gasteiger partial charge in [0.05, 0.1) is 16.9 Å². The van der Waals surface area contributed by atoms with Gasteiger partial charge >= 0.3 is 12.2 Å². The number of allylic oxidation sites excluding steroid dienone is 1. The summed E-state index contributed by atoms with van der Waals surface area (Å²) in [4.78, 5) is 28.1. The molecule has 6 nitrogen and oxygen atoms in total. The lowest BCUT2D eigenvalue weighted by Crippen LogP contribution is -2.26. The van der Waals surface area contributed by atoms with E-state index < -0.39 is 37.4 Å². The molecule has 0 aliphatic carbocycles. The van der Waals surface area contributed by atoms with Crippen molar-refractivity contribution in [2.45, 2.75) is 26.4 Å². The Morgan fingerprint density at radius 3 is 2.37 bits per heavy atom. The molecule has 2 rings (SSSR count). The first-order valence-corrected chi connectivity index (χ1v) is 8.51. The Bertz CT molecular complexity index is 982. The summed E-state index contributed by atoms with van der Waals surface area (Å²) < 4.78 is 72.4. The van der Waals surface area contributed by atoms with Crippen molar-refractivity contribution in [1.82, 2.24) is 9.55 Å². The molecule has 0 N–H and O–H groups in total.